The van der Waals surface area contributed by atoms with Crippen molar-refractivity contribution in [3.05, 3.63) is 35.9 Å². The van der Waals surface area contributed by atoms with Crippen LogP contribution in [0.5, 0.6) is 0 Å². The van der Waals surface area contributed by atoms with E-state index in [0.29, 0.717) is 12.0 Å². The zero-order valence-corrected chi connectivity index (χ0v) is 13.2. The largest absolute Gasteiger partial charge is 0.523 e. The summed E-state index contributed by atoms with van der Waals surface area (Å²) < 4.78 is 64.6. The third-order valence-corrected chi connectivity index (χ3v) is 4.31. The van der Waals surface area contributed by atoms with Crippen LogP contribution in [0.4, 0.5) is 13.2 Å². The lowest BCUT2D eigenvalue weighted by atomic mass is 9.89. The van der Waals surface area contributed by atoms with E-state index in [1.165, 1.54) is 12.1 Å². The van der Waals surface area contributed by atoms with Gasteiger partial charge in [0.05, 0.1) is 0 Å². The quantitative estimate of drug-likeness (QED) is 0.573. The molecular formula is C14H17F3O5S. The fourth-order valence-corrected chi connectivity index (χ4v) is 2.75. The summed E-state index contributed by atoms with van der Waals surface area (Å²) >= 11 is 0. The lowest BCUT2D eigenvalue weighted by Crippen LogP contribution is -2.47. The van der Waals surface area contributed by atoms with Crippen molar-refractivity contribution in [3.63, 3.8) is 0 Å². The van der Waals surface area contributed by atoms with Crippen molar-refractivity contribution in [3.8, 4) is 0 Å². The second-order valence-corrected chi connectivity index (χ2v) is 6.59. The van der Waals surface area contributed by atoms with Gasteiger partial charge in [0.15, 0.2) is 5.60 Å². The van der Waals surface area contributed by atoms with Crippen molar-refractivity contribution in [1.82, 2.24) is 0 Å². The number of aliphatic carboxylic acids is 1. The van der Waals surface area contributed by atoms with Crippen LogP contribution >= 0.6 is 0 Å². The van der Waals surface area contributed by atoms with E-state index in [9.17, 15) is 31.5 Å². The molecule has 0 aliphatic heterocycles. The summed E-state index contributed by atoms with van der Waals surface area (Å²) in [6, 6.07) is 7.77. The summed E-state index contributed by atoms with van der Waals surface area (Å²) in [4.78, 5) is 11.6. The third-order valence-electron chi connectivity index (χ3n) is 3.21. The minimum atomic E-state index is -6.03. The first-order valence-corrected chi connectivity index (χ1v) is 8.24. The molecule has 1 aromatic rings. The molecule has 0 fully saturated rings. The lowest BCUT2D eigenvalue weighted by Gasteiger charge is -2.29. The molecule has 0 aromatic heterocycles. The van der Waals surface area contributed by atoms with E-state index in [2.05, 4.69) is 4.18 Å². The van der Waals surface area contributed by atoms with Gasteiger partial charge in [0, 0.05) is 6.42 Å². The van der Waals surface area contributed by atoms with Crippen molar-refractivity contribution in [2.75, 3.05) is 0 Å². The highest BCUT2D eigenvalue weighted by Gasteiger charge is 2.54. The van der Waals surface area contributed by atoms with Crippen LogP contribution < -0.4 is 0 Å². The maximum absolute atomic E-state index is 12.6. The molecule has 0 spiro atoms. The van der Waals surface area contributed by atoms with E-state index in [1.54, 1.807) is 25.1 Å². The topological polar surface area (TPSA) is 80.7 Å². The van der Waals surface area contributed by atoms with E-state index in [-0.39, 0.29) is 12.8 Å². The molecule has 1 N–H and O–H groups in total. The molecule has 0 aliphatic carbocycles. The van der Waals surface area contributed by atoms with E-state index in [0.717, 1.165) is 0 Å². The van der Waals surface area contributed by atoms with Gasteiger partial charge in [-0.05, 0) is 12.0 Å². The Morgan fingerprint density at radius 3 is 2.22 bits per heavy atom. The third kappa shape index (κ3) is 4.93. The van der Waals surface area contributed by atoms with Gasteiger partial charge in [-0.15, -0.1) is 0 Å². The number of alkyl halides is 3. The summed E-state index contributed by atoms with van der Waals surface area (Å²) in [6.45, 7) is 1.70. The van der Waals surface area contributed by atoms with Crippen molar-refractivity contribution >= 4 is 16.1 Å². The maximum Gasteiger partial charge on any atom is 0.523 e. The van der Waals surface area contributed by atoms with E-state index in [1.807, 2.05) is 0 Å². The Morgan fingerprint density at radius 2 is 1.78 bits per heavy atom. The lowest BCUT2D eigenvalue weighted by molar-refractivity contribution is -0.157. The number of benzene rings is 1. The Hall–Kier alpha value is -1.61. The second kappa shape index (κ2) is 7.31. The first-order chi connectivity index (χ1) is 10.5. The van der Waals surface area contributed by atoms with Gasteiger partial charge in [0.1, 0.15) is 0 Å². The zero-order chi connectivity index (χ0) is 17.7. The molecule has 1 aromatic carbocycles. The summed E-state index contributed by atoms with van der Waals surface area (Å²) in [5.74, 6) is -1.75. The van der Waals surface area contributed by atoms with Crippen LogP contribution in [0.15, 0.2) is 30.3 Å². The molecule has 130 valence electrons. The number of carbonyl (C=O) groups is 1. The van der Waals surface area contributed by atoms with E-state index >= 15 is 0 Å². The number of hydrogen-bond donors (Lipinski definition) is 1. The molecule has 0 saturated heterocycles. The molecule has 0 aliphatic rings. The molecule has 1 unspecified atom stereocenters. The van der Waals surface area contributed by atoms with Gasteiger partial charge in [0.25, 0.3) is 0 Å². The van der Waals surface area contributed by atoms with Gasteiger partial charge < -0.3 is 5.11 Å². The smallest absolute Gasteiger partial charge is 0.479 e. The van der Waals surface area contributed by atoms with Gasteiger partial charge in [0.2, 0.25) is 0 Å². The summed E-state index contributed by atoms with van der Waals surface area (Å²) in [5.41, 5.74) is -7.81. The first-order valence-electron chi connectivity index (χ1n) is 6.83. The van der Waals surface area contributed by atoms with Gasteiger partial charge in [-0.2, -0.15) is 21.6 Å². The van der Waals surface area contributed by atoms with Gasteiger partial charge in [-0.3, -0.25) is 0 Å². The molecule has 0 heterocycles. The number of unbranched alkanes of at least 4 members (excludes halogenated alkanes) is 1. The fourth-order valence-electron chi connectivity index (χ4n) is 2.02. The Kier molecular flexibility index (Phi) is 6.18. The Bertz CT molecular complexity index is 628. The minimum Gasteiger partial charge on any atom is -0.479 e. The van der Waals surface area contributed by atoms with E-state index < -0.39 is 33.6 Å². The van der Waals surface area contributed by atoms with Crippen LogP contribution in [0.2, 0.25) is 0 Å². The van der Waals surface area contributed by atoms with Crippen molar-refractivity contribution in [2.45, 2.75) is 43.7 Å². The molecule has 0 saturated carbocycles. The first kappa shape index (κ1) is 19.4. The number of halogens is 3. The molecule has 0 bridgehead atoms. The molecule has 5 nitrogen and oxygen atoms in total. The predicted octanol–water partition coefficient (Wildman–Crippen LogP) is 3.11. The maximum atomic E-state index is 12.6. The van der Waals surface area contributed by atoms with Crippen LogP contribution in [0.3, 0.4) is 0 Å². The van der Waals surface area contributed by atoms with Crippen LogP contribution in [-0.2, 0) is 25.5 Å². The van der Waals surface area contributed by atoms with Crippen molar-refractivity contribution < 1.29 is 35.7 Å². The number of hydrogen-bond acceptors (Lipinski definition) is 4. The number of carboxylic acid groups (broad SMARTS) is 1. The highest BCUT2D eigenvalue weighted by molar-refractivity contribution is 7.87. The van der Waals surface area contributed by atoms with Gasteiger partial charge in [-0.25, -0.2) is 8.98 Å². The predicted molar refractivity (Wildman–Crippen MR) is 76.1 cm³/mol. The highest BCUT2D eigenvalue weighted by atomic mass is 32.2. The molecule has 23 heavy (non-hydrogen) atoms. The van der Waals surface area contributed by atoms with Crippen LogP contribution in [0.1, 0.15) is 31.7 Å². The number of rotatable bonds is 8. The normalized spacial score (nSPS) is 15.1. The van der Waals surface area contributed by atoms with Crippen molar-refractivity contribution in [1.29, 1.82) is 0 Å². The molecule has 0 radical (unpaired) electrons. The average molecular weight is 354 g/mol. The highest BCUT2D eigenvalue weighted by Crippen LogP contribution is 2.33. The Labute approximate surface area is 132 Å². The van der Waals surface area contributed by atoms with Crippen LogP contribution in [0, 0.1) is 0 Å². The van der Waals surface area contributed by atoms with Gasteiger partial charge >= 0.3 is 21.6 Å². The molecule has 9 heteroatoms. The number of carboxylic acids is 1. The fraction of sp³-hybridized carbons (Fsp3) is 0.500. The molecule has 1 atom stereocenters. The Balaban J connectivity index is 3.26. The zero-order valence-electron chi connectivity index (χ0n) is 12.3. The standard InChI is InChI=1S/C14H17F3O5S/c1-2-3-9-13(12(18)19,10-11-7-5-4-6-8-11)22-23(20,21)14(15,16)17/h4-8H,2-3,9-10H2,1H3,(H,18,19). The van der Waals surface area contributed by atoms with E-state index in [4.69, 9.17) is 0 Å². The van der Waals surface area contributed by atoms with Gasteiger partial charge in [-0.1, -0.05) is 50.1 Å². The summed E-state index contributed by atoms with van der Waals surface area (Å²) in [6.07, 6.45) is -0.173. The van der Waals surface area contributed by atoms with Crippen molar-refractivity contribution in [2.24, 2.45) is 0 Å². The SMILES string of the molecule is CCCCC(Cc1ccccc1)(OS(=O)(=O)C(F)(F)F)C(=O)O. The minimum absolute atomic E-state index is 0.201. The second-order valence-electron chi connectivity index (χ2n) is 5.05. The summed E-state index contributed by atoms with van der Waals surface area (Å²) in [5, 5.41) is 9.38. The Morgan fingerprint density at radius 1 is 1.22 bits per heavy atom. The average Bonchev–Trinajstić information content (AvgIpc) is 2.44. The summed E-state index contributed by atoms with van der Waals surface area (Å²) in [7, 11) is -6.03. The monoisotopic (exact) mass is 354 g/mol. The van der Waals surface area contributed by atoms with Crippen LogP contribution in [0.25, 0.3) is 0 Å². The van der Waals surface area contributed by atoms with Crippen LogP contribution in [-0.4, -0.2) is 30.6 Å². The molecule has 1 rings (SSSR count). The molecular weight excluding hydrogens is 337 g/mol. The molecule has 0 amide bonds.